The monoisotopic (exact) mass is 501 g/mol. The van der Waals surface area contributed by atoms with Crippen LogP contribution in [0.25, 0.3) is 10.9 Å². The second kappa shape index (κ2) is 10.7. The van der Waals surface area contributed by atoms with Crippen LogP contribution in [0.1, 0.15) is 54.4 Å². The summed E-state index contributed by atoms with van der Waals surface area (Å²) in [6.45, 7) is 5.48. The van der Waals surface area contributed by atoms with Crippen molar-refractivity contribution in [3.05, 3.63) is 108 Å². The number of rotatable bonds is 7. The van der Waals surface area contributed by atoms with Gasteiger partial charge in [0.2, 0.25) is 0 Å². The van der Waals surface area contributed by atoms with E-state index in [0.29, 0.717) is 22.0 Å². The molecule has 0 bridgehead atoms. The number of ketones is 1. The minimum absolute atomic E-state index is 0.113. The van der Waals surface area contributed by atoms with Gasteiger partial charge < -0.3 is 20.4 Å². The molecule has 0 radical (unpaired) electrons. The molecule has 2 atom stereocenters. The molecule has 1 aromatic heterocycles. The van der Waals surface area contributed by atoms with E-state index in [1.165, 1.54) is 24.4 Å². The Morgan fingerprint density at radius 1 is 0.892 bits per heavy atom. The van der Waals surface area contributed by atoms with E-state index in [1.807, 2.05) is 32.9 Å². The molecule has 0 spiro atoms. The fourth-order valence-electron chi connectivity index (χ4n) is 4.03. The largest absolute Gasteiger partial charge is 0.439 e. The first-order valence-electron chi connectivity index (χ1n) is 11.8. The third-order valence-electron chi connectivity index (χ3n) is 5.68. The number of carbonyl (C=O) groups is 3. The molecule has 3 N–H and O–H groups in total. The highest BCUT2D eigenvalue weighted by Crippen LogP contribution is 2.33. The van der Waals surface area contributed by atoms with E-state index in [9.17, 15) is 18.8 Å². The summed E-state index contributed by atoms with van der Waals surface area (Å²) in [5.41, 5.74) is 1.24. The summed E-state index contributed by atoms with van der Waals surface area (Å²) in [5, 5.41) is 5.98. The first-order valence-corrected chi connectivity index (χ1v) is 11.8. The lowest BCUT2D eigenvalue weighted by Gasteiger charge is -2.30. The number of aromatic amines is 1. The summed E-state index contributed by atoms with van der Waals surface area (Å²) in [5.74, 6) is -2.15. The molecule has 1 heterocycles. The van der Waals surface area contributed by atoms with Gasteiger partial charge in [0.15, 0.2) is 6.10 Å². The number of hydrogen-bond acceptors (Lipinski definition) is 4. The van der Waals surface area contributed by atoms with Gasteiger partial charge in [0.05, 0.1) is 11.6 Å². The zero-order valence-corrected chi connectivity index (χ0v) is 20.7. The maximum atomic E-state index is 13.6. The van der Waals surface area contributed by atoms with E-state index in [1.54, 1.807) is 48.5 Å². The van der Waals surface area contributed by atoms with Gasteiger partial charge in [-0.2, -0.15) is 0 Å². The van der Waals surface area contributed by atoms with E-state index in [-0.39, 0.29) is 5.56 Å². The van der Waals surface area contributed by atoms with Crippen molar-refractivity contribution < 1.29 is 23.5 Å². The van der Waals surface area contributed by atoms with Crippen LogP contribution in [0, 0.1) is 5.82 Å². The molecule has 4 aromatic rings. The standard InChI is InChI=1S/C29H28FN3O4/c1-29(2,3)33-28(36)37-26(19-12-8-5-9-13-19)24(18-10-6-4-7-11-18)32-27(35)25(34)22-17-31-23-16-20(30)14-15-21(22)23/h4-17,24,26,31H,1-3H3,(H,32,35)(H,33,36)/t24-,26-/m1/s1. The summed E-state index contributed by atoms with van der Waals surface area (Å²) >= 11 is 0. The molecule has 0 unspecified atom stereocenters. The van der Waals surface area contributed by atoms with Gasteiger partial charge in [-0.15, -0.1) is 0 Å². The van der Waals surface area contributed by atoms with Crippen molar-refractivity contribution in [1.29, 1.82) is 0 Å². The molecule has 2 amide bonds. The second-order valence-electron chi connectivity index (χ2n) is 9.69. The molecular weight excluding hydrogens is 473 g/mol. The van der Waals surface area contributed by atoms with Crippen molar-refractivity contribution in [2.24, 2.45) is 0 Å². The molecule has 0 aliphatic carbocycles. The maximum Gasteiger partial charge on any atom is 0.408 e. The lowest BCUT2D eigenvalue weighted by molar-refractivity contribution is -0.118. The summed E-state index contributed by atoms with van der Waals surface area (Å²) in [6, 6.07) is 21.0. The Kier molecular flexibility index (Phi) is 7.38. The number of halogens is 1. The van der Waals surface area contributed by atoms with Crippen molar-refractivity contribution in [3.8, 4) is 0 Å². The average molecular weight is 502 g/mol. The number of nitrogens with one attached hydrogen (secondary N) is 3. The Bertz CT molecular complexity index is 1410. The molecule has 0 aliphatic rings. The fourth-order valence-corrected chi connectivity index (χ4v) is 4.03. The van der Waals surface area contributed by atoms with Gasteiger partial charge in [0.1, 0.15) is 5.82 Å². The number of benzene rings is 3. The molecule has 4 rings (SSSR count). The minimum atomic E-state index is -0.945. The molecule has 0 saturated heterocycles. The number of amides is 2. The zero-order chi connectivity index (χ0) is 26.6. The lowest BCUT2D eigenvalue weighted by atomic mass is 9.95. The van der Waals surface area contributed by atoms with Crippen LogP contribution in [0.2, 0.25) is 0 Å². The highest BCUT2D eigenvalue weighted by molar-refractivity contribution is 6.45. The van der Waals surface area contributed by atoms with Gasteiger partial charge in [-0.25, -0.2) is 9.18 Å². The molecule has 37 heavy (non-hydrogen) atoms. The number of fused-ring (bicyclic) bond motifs is 1. The first-order chi connectivity index (χ1) is 17.6. The molecule has 0 saturated carbocycles. The Balaban J connectivity index is 1.69. The first kappa shape index (κ1) is 25.6. The van der Waals surface area contributed by atoms with Gasteiger partial charge in [-0.05, 0) is 50.1 Å². The normalized spacial score (nSPS) is 13.0. The highest BCUT2D eigenvalue weighted by Gasteiger charge is 2.33. The molecule has 190 valence electrons. The summed E-state index contributed by atoms with van der Waals surface area (Å²) < 4.78 is 19.5. The molecule has 3 aromatic carbocycles. The van der Waals surface area contributed by atoms with Crippen molar-refractivity contribution >= 4 is 28.7 Å². The Hall–Kier alpha value is -4.46. The number of aromatic nitrogens is 1. The van der Waals surface area contributed by atoms with Crippen LogP contribution in [0.4, 0.5) is 9.18 Å². The number of carbonyl (C=O) groups excluding carboxylic acids is 3. The summed E-state index contributed by atoms with van der Waals surface area (Å²) in [4.78, 5) is 42.1. The van der Waals surface area contributed by atoms with Gasteiger partial charge in [0, 0.05) is 22.6 Å². The molecular formula is C29H28FN3O4. The van der Waals surface area contributed by atoms with Crippen LogP contribution < -0.4 is 10.6 Å². The number of hydrogen-bond donors (Lipinski definition) is 3. The fraction of sp³-hybridized carbons (Fsp3) is 0.207. The zero-order valence-electron chi connectivity index (χ0n) is 20.7. The highest BCUT2D eigenvalue weighted by atomic mass is 19.1. The van der Waals surface area contributed by atoms with Gasteiger partial charge in [-0.3, -0.25) is 9.59 Å². The van der Waals surface area contributed by atoms with Crippen LogP contribution in [0.15, 0.2) is 85.1 Å². The Labute approximate surface area is 214 Å². The van der Waals surface area contributed by atoms with E-state index in [0.717, 1.165) is 0 Å². The quantitative estimate of drug-likeness (QED) is 0.226. The minimum Gasteiger partial charge on any atom is -0.439 e. The predicted molar refractivity (Wildman–Crippen MR) is 138 cm³/mol. The van der Waals surface area contributed by atoms with Crippen LogP contribution in [0.5, 0.6) is 0 Å². The van der Waals surface area contributed by atoms with Crippen LogP contribution in [0.3, 0.4) is 0 Å². The van der Waals surface area contributed by atoms with Crippen LogP contribution >= 0.6 is 0 Å². The molecule has 0 aliphatic heterocycles. The topological polar surface area (TPSA) is 100 Å². The SMILES string of the molecule is CC(C)(C)NC(=O)O[C@H](c1ccccc1)[C@H](NC(=O)C(=O)c1c[nH]c2cc(F)ccc12)c1ccccc1. The smallest absolute Gasteiger partial charge is 0.408 e. The van der Waals surface area contributed by atoms with E-state index in [4.69, 9.17) is 4.74 Å². The lowest BCUT2D eigenvalue weighted by Crippen LogP contribution is -2.43. The second-order valence-corrected chi connectivity index (χ2v) is 9.69. The maximum absolute atomic E-state index is 13.6. The van der Waals surface area contributed by atoms with Crippen molar-refractivity contribution in [1.82, 2.24) is 15.6 Å². The number of Topliss-reactive ketones (excluding diaryl/α,β-unsaturated/α-hetero) is 1. The number of H-pyrrole nitrogens is 1. The van der Waals surface area contributed by atoms with Crippen LogP contribution in [-0.2, 0) is 9.53 Å². The molecule has 0 fully saturated rings. The summed E-state index contributed by atoms with van der Waals surface area (Å²) in [6.07, 6.45) is -0.229. The van der Waals surface area contributed by atoms with Crippen molar-refractivity contribution in [2.75, 3.05) is 0 Å². The third-order valence-corrected chi connectivity index (χ3v) is 5.68. The Morgan fingerprint density at radius 2 is 1.51 bits per heavy atom. The molecule has 7 nitrogen and oxygen atoms in total. The van der Waals surface area contributed by atoms with E-state index in [2.05, 4.69) is 15.6 Å². The van der Waals surface area contributed by atoms with E-state index >= 15 is 0 Å². The third kappa shape index (κ3) is 6.22. The summed E-state index contributed by atoms with van der Waals surface area (Å²) in [7, 11) is 0. The van der Waals surface area contributed by atoms with Gasteiger partial charge >= 0.3 is 6.09 Å². The van der Waals surface area contributed by atoms with Gasteiger partial charge in [-0.1, -0.05) is 60.7 Å². The van der Waals surface area contributed by atoms with Gasteiger partial charge in [0.25, 0.3) is 11.7 Å². The average Bonchev–Trinajstić information content (AvgIpc) is 3.28. The van der Waals surface area contributed by atoms with Crippen molar-refractivity contribution in [3.63, 3.8) is 0 Å². The van der Waals surface area contributed by atoms with E-state index < -0.39 is 41.3 Å². The predicted octanol–water partition coefficient (Wildman–Crippen LogP) is 5.61. The van der Waals surface area contributed by atoms with Crippen LogP contribution in [-0.4, -0.2) is 28.3 Å². The Morgan fingerprint density at radius 3 is 2.14 bits per heavy atom. The van der Waals surface area contributed by atoms with Crippen molar-refractivity contribution in [2.45, 2.75) is 38.5 Å². The number of ether oxygens (including phenoxy) is 1. The number of alkyl carbamates (subject to hydrolysis) is 1. The molecule has 8 heteroatoms.